The van der Waals surface area contributed by atoms with E-state index in [0.29, 0.717) is 5.03 Å². The predicted molar refractivity (Wildman–Crippen MR) is 43.6 cm³/mol. The molecule has 1 heterocycles. The fraction of sp³-hybridized carbons (Fsp3) is 0.286. The SMILES string of the molecule is COC(=O)CSc1cc[c]nn1. The maximum absolute atomic E-state index is 10.7. The number of ether oxygens (including phenoxy) is 1. The second-order valence-corrected chi connectivity index (χ2v) is 2.86. The third kappa shape index (κ3) is 2.87. The molecule has 0 bridgehead atoms. The summed E-state index contributed by atoms with van der Waals surface area (Å²) in [6.45, 7) is 0. The number of thioether (sulfide) groups is 1. The first-order chi connectivity index (χ1) is 5.83. The van der Waals surface area contributed by atoms with Gasteiger partial charge in [-0.15, -0.1) is 10.2 Å². The molecule has 0 fully saturated rings. The molecule has 0 aromatic carbocycles. The van der Waals surface area contributed by atoms with E-state index in [4.69, 9.17) is 0 Å². The van der Waals surface area contributed by atoms with Crippen molar-refractivity contribution in [3.63, 3.8) is 0 Å². The lowest BCUT2D eigenvalue weighted by Gasteiger charge is -1.96. The molecule has 1 aromatic rings. The molecule has 0 saturated carbocycles. The lowest BCUT2D eigenvalue weighted by atomic mass is 10.6. The molecule has 1 radical (unpaired) electrons. The Labute approximate surface area is 74.3 Å². The Morgan fingerprint density at radius 1 is 1.83 bits per heavy atom. The molecule has 0 N–H and O–H groups in total. The van der Waals surface area contributed by atoms with Gasteiger partial charge in [0.25, 0.3) is 0 Å². The zero-order chi connectivity index (χ0) is 8.81. The quantitative estimate of drug-likeness (QED) is 0.505. The van der Waals surface area contributed by atoms with Gasteiger partial charge in [-0.3, -0.25) is 4.79 Å². The standard InChI is InChI=1S/C7H7N2O2S/c1-11-7(10)5-12-6-3-2-4-8-9-6/h2-3H,5H2,1H3. The number of carbonyl (C=O) groups is 1. The highest BCUT2D eigenvalue weighted by atomic mass is 32.2. The molecule has 12 heavy (non-hydrogen) atoms. The third-order valence-electron chi connectivity index (χ3n) is 1.07. The number of esters is 1. The van der Waals surface area contributed by atoms with Crippen LogP contribution in [-0.4, -0.2) is 29.0 Å². The largest absolute Gasteiger partial charge is 0.468 e. The predicted octanol–water partition coefficient (Wildman–Crippen LogP) is 0.542. The van der Waals surface area contributed by atoms with Crippen LogP contribution in [0.3, 0.4) is 0 Å². The van der Waals surface area contributed by atoms with Crippen LogP contribution in [0, 0.1) is 6.20 Å². The Bertz CT molecular complexity index is 253. The number of aromatic nitrogens is 2. The number of hydrogen-bond donors (Lipinski definition) is 0. The van der Waals surface area contributed by atoms with Crippen LogP contribution in [-0.2, 0) is 9.53 Å². The van der Waals surface area contributed by atoms with E-state index >= 15 is 0 Å². The Morgan fingerprint density at radius 3 is 3.25 bits per heavy atom. The van der Waals surface area contributed by atoms with Crippen molar-refractivity contribution >= 4 is 17.7 Å². The summed E-state index contributed by atoms with van der Waals surface area (Å²) in [5, 5.41) is 7.97. The third-order valence-corrected chi connectivity index (χ3v) is 1.97. The zero-order valence-corrected chi connectivity index (χ0v) is 7.30. The lowest BCUT2D eigenvalue weighted by Crippen LogP contribution is -2.03. The molecule has 5 heteroatoms. The second-order valence-electron chi connectivity index (χ2n) is 1.87. The molecule has 1 aromatic heterocycles. The van der Waals surface area contributed by atoms with Crippen molar-refractivity contribution in [1.82, 2.24) is 10.2 Å². The van der Waals surface area contributed by atoms with E-state index in [1.165, 1.54) is 18.9 Å². The number of hydrogen-bond acceptors (Lipinski definition) is 5. The van der Waals surface area contributed by atoms with Crippen molar-refractivity contribution in [3.05, 3.63) is 18.3 Å². The molecule has 4 nitrogen and oxygen atoms in total. The average Bonchev–Trinajstić information content (AvgIpc) is 2.16. The average molecular weight is 183 g/mol. The smallest absolute Gasteiger partial charge is 0.316 e. The lowest BCUT2D eigenvalue weighted by molar-refractivity contribution is -0.137. The van der Waals surface area contributed by atoms with Crippen molar-refractivity contribution in [2.75, 3.05) is 12.9 Å². The van der Waals surface area contributed by atoms with Gasteiger partial charge in [-0.2, -0.15) is 0 Å². The van der Waals surface area contributed by atoms with Crippen LogP contribution < -0.4 is 0 Å². The summed E-state index contributed by atoms with van der Waals surface area (Å²) in [5.41, 5.74) is 0. The van der Waals surface area contributed by atoms with Crippen molar-refractivity contribution in [1.29, 1.82) is 0 Å². The molecule has 0 atom stereocenters. The summed E-state index contributed by atoms with van der Waals surface area (Å²) in [4.78, 5) is 10.7. The molecule has 1 rings (SSSR count). The maximum Gasteiger partial charge on any atom is 0.316 e. The van der Waals surface area contributed by atoms with Gasteiger partial charge in [0.1, 0.15) is 11.2 Å². The normalized spacial score (nSPS) is 9.42. The maximum atomic E-state index is 10.7. The molecule has 0 aliphatic carbocycles. The summed E-state index contributed by atoms with van der Waals surface area (Å²) in [5.74, 6) is -0.00974. The van der Waals surface area contributed by atoms with Crippen molar-refractivity contribution in [2.24, 2.45) is 0 Å². The second kappa shape index (κ2) is 4.71. The summed E-state index contributed by atoms with van der Waals surface area (Å²) in [6.07, 6.45) is 2.54. The van der Waals surface area contributed by atoms with E-state index in [-0.39, 0.29) is 11.7 Å². The monoisotopic (exact) mass is 183 g/mol. The first-order valence-corrected chi connectivity index (χ1v) is 4.21. The van der Waals surface area contributed by atoms with Gasteiger partial charge in [0.05, 0.1) is 12.9 Å². The van der Waals surface area contributed by atoms with Crippen LogP contribution >= 0.6 is 11.8 Å². The highest BCUT2D eigenvalue weighted by Crippen LogP contribution is 2.12. The van der Waals surface area contributed by atoms with Crippen LogP contribution in [0.4, 0.5) is 0 Å². The molecule has 0 aliphatic rings. The van der Waals surface area contributed by atoms with Crippen LogP contribution in [0.25, 0.3) is 0 Å². The Balaban J connectivity index is 2.38. The molecule has 0 unspecified atom stereocenters. The minimum absolute atomic E-state index is 0.259. The van der Waals surface area contributed by atoms with E-state index in [0.717, 1.165) is 0 Å². The summed E-state index contributed by atoms with van der Waals surface area (Å²) in [6, 6.07) is 3.38. The first kappa shape index (κ1) is 8.99. The fourth-order valence-corrected chi connectivity index (χ4v) is 1.17. The summed E-state index contributed by atoms with van der Waals surface area (Å²) < 4.78 is 4.46. The van der Waals surface area contributed by atoms with Crippen LogP contribution in [0.1, 0.15) is 0 Å². The van der Waals surface area contributed by atoms with Crippen molar-refractivity contribution < 1.29 is 9.53 Å². The number of carbonyl (C=O) groups excluding carboxylic acids is 1. The first-order valence-electron chi connectivity index (χ1n) is 3.22. The molecule has 63 valence electrons. The van der Waals surface area contributed by atoms with Crippen LogP contribution in [0.5, 0.6) is 0 Å². The van der Waals surface area contributed by atoms with Gasteiger partial charge >= 0.3 is 5.97 Å². The topological polar surface area (TPSA) is 52.1 Å². The van der Waals surface area contributed by atoms with Gasteiger partial charge < -0.3 is 4.74 Å². The Hall–Kier alpha value is -1.10. The minimum atomic E-state index is -0.269. The van der Waals surface area contributed by atoms with Crippen LogP contribution in [0.2, 0.25) is 0 Å². The molecule has 0 saturated heterocycles. The van der Waals surface area contributed by atoms with Crippen molar-refractivity contribution in [3.8, 4) is 0 Å². The van der Waals surface area contributed by atoms with E-state index in [1.807, 2.05) is 0 Å². The highest BCUT2D eigenvalue weighted by molar-refractivity contribution is 7.99. The molecule has 0 spiro atoms. The van der Waals surface area contributed by atoms with Gasteiger partial charge in [0, 0.05) is 0 Å². The van der Waals surface area contributed by atoms with Crippen LogP contribution in [0.15, 0.2) is 17.2 Å². The Kier molecular flexibility index (Phi) is 3.53. The van der Waals surface area contributed by atoms with E-state index in [9.17, 15) is 4.79 Å². The summed E-state index contributed by atoms with van der Waals surface area (Å²) >= 11 is 1.28. The van der Waals surface area contributed by atoms with E-state index in [2.05, 4.69) is 21.1 Å². The zero-order valence-electron chi connectivity index (χ0n) is 6.48. The Morgan fingerprint density at radius 2 is 2.67 bits per heavy atom. The number of methoxy groups -OCH3 is 1. The van der Waals surface area contributed by atoms with Gasteiger partial charge in [0.2, 0.25) is 0 Å². The molecular weight excluding hydrogens is 176 g/mol. The minimum Gasteiger partial charge on any atom is -0.468 e. The summed E-state index contributed by atoms with van der Waals surface area (Å²) in [7, 11) is 1.35. The molecule has 0 aliphatic heterocycles. The van der Waals surface area contributed by atoms with E-state index < -0.39 is 0 Å². The number of rotatable bonds is 3. The highest BCUT2D eigenvalue weighted by Gasteiger charge is 2.01. The van der Waals surface area contributed by atoms with Crippen molar-refractivity contribution in [2.45, 2.75) is 5.03 Å². The van der Waals surface area contributed by atoms with Gasteiger partial charge in [-0.25, -0.2) is 0 Å². The fourth-order valence-electron chi connectivity index (χ4n) is 0.522. The van der Waals surface area contributed by atoms with Gasteiger partial charge in [-0.05, 0) is 12.1 Å². The number of nitrogens with zero attached hydrogens (tertiary/aromatic N) is 2. The van der Waals surface area contributed by atoms with Gasteiger partial charge in [0.15, 0.2) is 0 Å². The van der Waals surface area contributed by atoms with E-state index in [1.54, 1.807) is 12.1 Å². The van der Waals surface area contributed by atoms with Gasteiger partial charge in [-0.1, -0.05) is 11.8 Å². The molecule has 0 amide bonds. The molecular formula is C7H7N2O2S.